The zero-order chi connectivity index (χ0) is 24.3. The molecule has 180 valence electrons. The molecule has 1 amide bonds. The molecule has 0 aliphatic carbocycles. The largest absolute Gasteiger partial charge is 0.488 e. The predicted molar refractivity (Wildman–Crippen MR) is 122 cm³/mol. The quantitative estimate of drug-likeness (QED) is 0.460. The first-order chi connectivity index (χ1) is 16.3. The minimum Gasteiger partial charge on any atom is -0.488 e. The van der Waals surface area contributed by atoms with Gasteiger partial charge in [0.1, 0.15) is 36.9 Å². The number of hydrogen-bond donors (Lipinski definition) is 1. The summed E-state index contributed by atoms with van der Waals surface area (Å²) in [7, 11) is -1.34. The van der Waals surface area contributed by atoms with Gasteiger partial charge in [-0.3, -0.25) is 4.79 Å². The van der Waals surface area contributed by atoms with Crippen molar-refractivity contribution >= 4 is 32.6 Å². The molecule has 0 spiro atoms. The highest BCUT2D eigenvalue weighted by atomic mass is 32.2. The summed E-state index contributed by atoms with van der Waals surface area (Å²) in [5.74, 6) is -1.31. The second kappa shape index (κ2) is 9.84. The van der Waals surface area contributed by atoms with Gasteiger partial charge in [-0.15, -0.1) is 0 Å². The fourth-order valence-corrected chi connectivity index (χ4v) is 4.67. The minimum absolute atomic E-state index is 0.0126. The maximum Gasteiger partial charge on any atom is 0.326 e. The first-order valence-electron chi connectivity index (χ1n) is 10.3. The number of nitrogens with zero attached hydrogens (tertiary/aromatic N) is 1. The van der Waals surface area contributed by atoms with Crippen molar-refractivity contribution in [1.29, 1.82) is 0 Å². The van der Waals surface area contributed by atoms with Crippen molar-refractivity contribution in [3.63, 3.8) is 0 Å². The van der Waals surface area contributed by atoms with Crippen LogP contribution in [0.5, 0.6) is 11.5 Å². The van der Waals surface area contributed by atoms with Gasteiger partial charge in [-0.05, 0) is 29.1 Å². The summed E-state index contributed by atoms with van der Waals surface area (Å²) in [6.45, 7) is -0.430. The number of methoxy groups -OCH3 is 2. The molecular weight excluding hydrogens is 467 g/mol. The summed E-state index contributed by atoms with van der Waals surface area (Å²) in [6, 6.07) is 15.4. The Morgan fingerprint density at radius 3 is 2.44 bits per heavy atom. The van der Waals surface area contributed by atoms with Crippen LogP contribution in [0.3, 0.4) is 0 Å². The normalized spacial score (nSPS) is 15.1. The van der Waals surface area contributed by atoms with Crippen molar-refractivity contribution in [1.82, 2.24) is 4.72 Å². The lowest BCUT2D eigenvalue weighted by molar-refractivity contribution is -0.121. The maximum atomic E-state index is 15.9. The molecular formula is C23H23FN2O7S. The monoisotopic (exact) mass is 490 g/mol. The van der Waals surface area contributed by atoms with E-state index in [9.17, 15) is 13.2 Å². The Bertz CT molecular complexity index is 1300. The topological polar surface area (TPSA) is 103 Å². The Labute approximate surface area is 196 Å². The number of nitrogens with one attached hydrogen (secondary N) is 1. The standard InChI is InChI=1S/C23H23FN2O7S/c1-30-21(31-2)14-32-17-9-8-16-10-19(33-13-15-6-4-3-5-7-15)23(22(24)18(16)11-17)26-12-20(27)25-34(26,28)29/h3-11,21H,12-14H2,1-2H3,(H,25,27). The van der Waals surface area contributed by atoms with Crippen LogP contribution in [0.1, 0.15) is 5.56 Å². The molecule has 1 aliphatic heterocycles. The van der Waals surface area contributed by atoms with E-state index in [1.165, 1.54) is 26.4 Å². The zero-order valence-electron chi connectivity index (χ0n) is 18.5. The number of amides is 1. The smallest absolute Gasteiger partial charge is 0.326 e. The molecule has 0 bridgehead atoms. The zero-order valence-corrected chi connectivity index (χ0v) is 19.3. The summed E-state index contributed by atoms with van der Waals surface area (Å²) in [6.07, 6.45) is -0.614. The number of anilines is 1. The maximum absolute atomic E-state index is 15.9. The van der Waals surface area contributed by atoms with E-state index in [2.05, 4.69) is 0 Å². The van der Waals surface area contributed by atoms with E-state index in [1.807, 2.05) is 35.1 Å². The van der Waals surface area contributed by atoms with Crippen molar-refractivity contribution in [3.05, 3.63) is 66.0 Å². The van der Waals surface area contributed by atoms with E-state index in [-0.39, 0.29) is 30.0 Å². The summed E-state index contributed by atoms with van der Waals surface area (Å²) in [5.41, 5.74) is 0.451. The minimum atomic E-state index is -4.27. The van der Waals surface area contributed by atoms with Crippen LogP contribution in [0.25, 0.3) is 10.8 Å². The Kier molecular flexibility index (Phi) is 6.87. The van der Waals surface area contributed by atoms with Gasteiger partial charge in [0.25, 0.3) is 5.91 Å². The predicted octanol–water partition coefficient (Wildman–Crippen LogP) is 2.74. The first kappa shape index (κ1) is 23.7. The van der Waals surface area contributed by atoms with Crippen LogP contribution >= 0.6 is 0 Å². The van der Waals surface area contributed by atoms with Gasteiger partial charge in [0.15, 0.2) is 12.1 Å². The number of benzene rings is 3. The van der Waals surface area contributed by atoms with E-state index in [0.717, 1.165) is 5.56 Å². The molecule has 3 aromatic rings. The molecule has 0 unspecified atom stereocenters. The van der Waals surface area contributed by atoms with E-state index in [4.69, 9.17) is 18.9 Å². The van der Waals surface area contributed by atoms with Gasteiger partial charge in [-0.1, -0.05) is 36.4 Å². The van der Waals surface area contributed by atoms with Gasteiger partial charge in [0.05, 0.1) is 0 Å². The van der Waals surface area contributed by atoms with Crippen molar-refractivity contribution in [3.8, 4) is 11.5 Å². The van der Waals surface area contributed by atoms with Crippen LogP contribution in [0.4, 0.5) is 10.1 Å². The summed E-state index contributed by atoms with van der Waals surface area (Å²) in [4.78, 5) is 11.8. The number of fused-ring (bicyclic) bond motifs is 1. The molecule has 0 atom stereocenters. The van der Waals surface area contributed by atoms with Crippen LogP contribution < -0.4 is 18.5 Å². The van der Waals surface area contributed by atoms with Crippen molar-refractivity contribution in [2.75, 3.05) is 31.7 Å². The van der Waals surface area contributed by atoms with Gasteiger partial charge in [-0.25, -0.2) is 13.4 Å². The van der Waals surface area contributed by atoms with E-state index in [0.29, 0.717) is 15.4 Å². The second-order valence-corrected chi connectivity index (χ2v) is 9.04. The van der Waals surface area contributed by atoms with Gasteiger partial charge in [0.2, 0.25) is 0 Å². The number of ether oxygens (including phenoxy) is 4. The summed E-state index contributed by atoms with van der Waals surface area (Å²) in [5, 5.41) is 0.558. The molecule has 4 rings (SSSR count). The van der Waals surface area contributed by atoms with Gasteiger partial charge >= 0.3 is 10.2 Å². The van der Waals surface area contributed by atoms with E-state index < -0.39 is 34.8 Å². The Hall–Kier alpha value is -3.41. The third-order valence-electron chi connectivity index (χ3n) is 5.21. The molecule has 1 saturated heterocycles. The van der Waals surface area contributed by atoms with Crippen LogP contribution in [-0.2, 0) is 31.1 Å². The van der Waals surface area contributed by atoms with Crippen LogP contribution in [0, 0.1) is 5.82 Å². The molecule has 0 saturated carbocycles. The molecule has 1 fully saturated rings. The third-order valence-corrected chi connectivity index (χ3v) is 6.59. The molecule has 0 radical (unpaired) electrons. The highest BCUT2D eigenvalue weighted by Crippen LogP contribution is 2.40. The highest BCUT2D eigenvalue weighted by molar-refractivity contribution is 7.92. The number of carbonyl (C=O) groups is 1. The van der Waals surface area contributed by atoms with Crippen molar-refractivity contribution in [2.24, 2.45) is 0 Å². The Morgan fingerprint density at radius 1 is 1.06 bits per heavy atom. The summed E-state index contributed by atoms with van der Waals surface area (Å²) >= 11 is 0. The molecule has 1 N–H and O–H groups in total. The fraction of sp³-hybridized carbons (Fsp3) is 0.261. The first-order valence-corrected chi connectivity index (χ1v) is 11.7. The lowest BCUT2D eigenvalue weighted by Gasteiger charge is -2.21. The van der Waals surface area contributed by atoms with Crippen LogP contribution in [-0.4, -0.2) is 48.0 Å². The van der Waals surface area contributed by atoms with Crippen LogP contribution in [0.2, 0.25) is 0 Å². The molecule has 1 heterocycles. The molecule has 1 aliphatic rings. The molecule has 3 aromatic carbocycles. The van der Waals surface area contributed by atoms with Crippen molar-refractivity contribution < 1.29 is 36.6 Å². The lowest BCUT2D eigenvalue weighted by atomic mass is 10.1. The number of hydrogen-bond acceptors (Lipinski definition) is 7. The van der Waals surface area contributed by atoms with E-state index in [1.54, 1.807) is 12.1 Å². The van der Waals surface area contributed by atoms with Crippen LogP contribution in [0.15, 0.2) is 54.6 Å². The number of rotatable bonds is 9. The molecule has 0 aromatic heterocycles. The molecule has 9 nitrogen and oxygen atoms in total. The van der Waals surface area contributed by atoms with E-state index >= 15 is 4.39 Å². The SMILES string of the molecule is COC(COc1ccc2cc(OCc3ccccc3)c(N3CC(=O)NS3(=O)=O)c(F)c2c1)OC. The average molecular weight is 491 g/mol. The molecule has 11 heteroatoms. The highest BCUT2D eigenvalue weighted by Gasteiger charge is 2.38. The third kappa shape index (κ3) is 4.91. The molecule has 34 heavy (non-hydrogen) atoms. The van der Waals surface area contributed by atoms with Gasteiger partial charge in [-0.2, -0.15) is 8.42 Å². The Balaban J connectivity index is 1.76. The van der Waals surface area contributed by atoms with Gasteiger partial charge < -0.3 is 18.9 Å². The number of carbonyl (C=O) groups excluding carboxylic acids is 1. The Morgan fingerprint density at radius 2 is 1.79 bits per heavy atom. The number of halogens is 1. The fourth-order valence-electron chi connectivity index (χ4n) is 3.51. The van der Waals surface area contributed by atoms with Crippen molar-refractivity contribution in [2.45, 2.75) is 12.9 Å². The summed E-state index contributed by atoms with van der Waals surface area (Å²) < 4.78 is 65.1. The average Bonchev–Trinajstić information content (AvgIpc) is 3.10. The lowest BCUT2D eigenvalue weighted by Crippen LogP contribution is -2.30. The second-order valence-electron chi connectivity index (χ2n) is 7.44. The van der Waals surface area contributed by atoms with Gasteiger partial charge in [0, 0.05) is 19.6 Å².